The predicted molar refractivity (Wildman–Crippen MR) is 89.4 cm³/mol. The van der Waals surface area contributed by atoms with Crippen molar-refractivity contribution >= 4 is 0 Å². The number of nitrogens with one attached hydrogen (secondary N) is 1. The van der Waals surface area contributed by atoms with Crippen LogP contribution in [0, 0.1) is 0 Å². The van der Waals surface area contributed by atoms with E-state index < -0.39 is 0 Å². The van der Waals surface area contributed by atoms with E-state index in [2.05, 4.69) is 36.1 Å². The summed E-state index contributed by atoms with van der Waals surface area (Å²) in [5, 5.41) is 3.65. The van der Waals surface area contributed by atoms with Crippen LogP contribution in [-0.2, 0) is 0 Å². The van der Waals surface area contributed by atoms with Crippen LogP contribution in [-0.4, -0.2) is 62.7 Å². The van der Waals surface area contributed by atoms with Crippen molar-refractivity contribution in [2.24, 2.45) is 0 Å². The summed E-state index contributed by atoms with van der Waals surface area (Å²) in [6.45, 7) is 8.26. The molecule has 0 amide bonds. The SMILES string of the molecule is CCCCCCCCCCNCC1CN(C)CCN1C. The van der Waals surface area contributed by atoms with Gasteiger partial charge in [0.15, 0.2) is 0 Å². The molecule has 1 rings (SSSR count). The maximum absolute atomic E-state index is 3.65. The Labute approximate surface area is 127 Å². The fourth-order valence-electron chi connectivity index (χ4n) is 2.97. The van der Waals surface area contributed by atoms with Gasteiger partial charge in [-0.25, -0.2) is 0 Å². The van der Waals surface area contributed by atoms with Gasteiger partial charge in [-0.2, -0.15) is 0 Å². The fraction of sp³-hybridized carbons (Fsp3) is 1.00. The van der Waals surface area contributed by atoms with Crippen molar-refractivity contribution in [1.29, 1.82) is 0 Å². The molecule has 0 spiro atoms. The Hall–Kier alpha value is -0.120. The molecule has 1 unspecified atom stereocenters. The molecule has 0 saturated carbocycles. The van der Waals surface area contributed by atoms with E-state index in [9.17, 15) is 0 Å². The molecular formula is C17H37N3. The third-order valence-electron chi connectivity index (χ3n) is 4.57. The first kappa shape index (κ1) is 17.9. The molecule has 1 N–H and O–H groups in total. The minimum absolute atomic E-state index is 0.697. The number of likely N-dealkylation sites (N-methyl/N-ethyl adjacent to an activating group) is 2. The van der Waals surface area contributed by atoms with Crippen LogP contribution in [0.25, 0.3) is 0 Å². The van der Waals surface area contributed by atoms with E-state index in [1.54, 1.807) is 0 Å². The summed E-state index contributed by atoms with van der Waals surface area (Å²) in [5.74, 6) is 0. The zero-order valence-corrected chi connectivity index (χ0v) is 14.2. The minimum atomic E-state index is 0.697. The van der Waals surface area contributed by atoms with E-state index in [4.69, 9.17) is 0 Å². The maximum atomic E-state index is 3.65. The number of rotatable bonds is 11. The molecule has 0 aromatic rings. The maximum Gasteiger partial charge on any atom is 0.0345 e. The van der Waals surface area contributed by atoms with Crippen LogP contribution in [0.3, 0.4) is 0 Å². The smallest absolute Gasteiger partial charge is 0.0345 e. The summed E-state index contributed by atoms with van der Waals surface area (Å²) in [5.41, 5.74) is 0. The summed E-state index contributed by atoms with van der Waals surface area (Å²) in [6, 6.07) is 0.697. The van der Waals surface area contributed by atoms with Crippen molar-refractivity contribution in [3.63, 3.8) is 0 Å². The second-order valence-electron chi connectivity index (χ2n) is 6.58. The van der Waals surface area contributed by atoms with Crippen molar-refractivity contribution in [2.45, 2.75) is 64.3 Å². The van der Waals surface area contributed by atoms with Crippen LogP contribution in [0.15, 0.2) is 0 Å². The molecule has 0 aromatic carbocycles. The third-order valence-corrected chi connectivity index (χ3v) is 4.57. The molecule has 0 aromatic heterocycles. The van der Waals surface area contributed by atoms with Crippen LogP contribution in [0.4, 0.5) is 0 Å². The van der Waals surface area contributed by atoms with Gasteiger partial charge in [0, 0.05) is 32.2 Å². The van der Waals surface area contributed by atoms with Gasteiger partial charge in [-0.15, -0.1) is 0 Å². The van der Waals surface area contributed by atoms with E-state index in [1.807, 2.05) is 0 Å². The molecule has 0 bridgehead atoms. The molecule has 120 valence electrons. The van der Waals surface area contributed by atoms with E-state index in [0.717, 1.165) is 6.54 Å². The van der Waals surface area contributed by atoms with E-state index in [0.29, 0.717) is 6.04 Å². The van der Waals surface area contributed by atoms with E-state index in [1.165, 1.54) is 77.5 Å². The van der Waals surface area contributed by atoms with Crippen molar-refractivity contribution in [3.8, 4) is 0 Å². The minimum Gasteiger partial charge on any atom is -0.315 e. The van der Waals surface area contributed by atoms with Gasteiger partial charge in [-0.1, -0.05) is 51.9 Å². The molecule has 1 heterocycles. The van der Waals surface area contributed by atoms with Crippen molar-refractivity contribution in [1.82, 2.24) is 15.1 Å². The van der Waals surface area contributed by atoms with Crippen LogP contribution >= 0.6 is 0 Å². The first-order valence-corrected chi connectivity index (χ1v) is 8.83. The molecule has 20 heavy (non-hydrogen) atoms. The lowest BCUT2D eigenvalue weighted by Crippen LogP contribution is -2.53. The number of unbranched alkanes of at least 4 members (excludes halogenated alkanes) is 7. The molecule has 0 radical (unpaired) electrons. The predicted octanol–water partition coefficient (Wildman–Crippen LogP) is 2.96. The summed E-state index contributed by atoms with van der Waals surface area (Å²) in [4.78, 5) is 4.95. The monoisotopic (exact) mass is 283 g/mol. The highest BCUT2D eigenvalue weighted by molar-refractivity contribution is 4.80. The highest BCUT2D eigenvalue weighted by Crippen LogP contribution is 2.08. The van der Waals surface area contributed by atoms with Gasteiger partial charge in [-0.3, -0.25) is 4.90 Å². The van der Waals surface area contributed by atoms with Gasteiger partial charge in [0.1, 0.15) is 0 Å². The molecule has 3 nitrogen and oxygen atoms in total. The lowest BCUT2D eigenvalue weighted by molar-refractivity contribution is 0.113. The third kappa shape index (κ3) is 8.23. The average molecular weight is 284 g/mol. The standard InChI is InChI=1S/C17H37N3/c1-4-5-6-7-8-9-10-11-12-18-15-17-16-19(2)13-14-20(17)3/h17-18H,4-16H2,1-3H3. The first-order valence-electron chi connectivity index (χ1n) is 8.83. The number of piperazine rings is 1. The summed E-state index contributed by atoms with van der Waals surface area (Å²) >= 11 is 0. The number of hydrogen-bond acceptors (Lipinski definition) is 3. The highest BCUT2D eigenvalue weighted by atomic mass is 15.3. The fourth-order valence-corrected chi connectivity index (χ4v) is 2.97. The van der Waals surface area contributed by atoms with Crippen molar-refractivity contribution in [2.75, 3.05) is 46.8 Å². The Morgan fingerprint density at radius 1 is 0.900 bits per heavy atom. The quantitative estimate of drug-likeness (QED) is 0.588. The van der Waals surface area contributed by atoms with Crippen LogP contribution < -0.4 is 5.32 Å². The molecule has 1 fully saturated rings. The van der Waals surface area contributed by atoms with Crippen LogP contribution in [0.1, 0.15) is 58.3 Å². The Morgan fingerprint density at radius 2 is 1.55 bits per heavy atom. The van der Waals surface area contributed by atoms with E-state index in [-0.39, 0.29) is 0 Å². The lowest BCUT2D eigenvalue weighted by Gasteiger charge is -2.37. The Kier molecular flexibility index (Phi) is 10.3. The lowest BCUT2D eigenvalue weighted by atomic mass is 10.1. The molecule has 1 aliphatic heterocycles. The summed E-state index contributed by atoms with van der Waals surface area (Å²) < 4.78 is 0. The molecular weight excluding hydrogens is 246 g/mol. The van der Waals surface area contributed by atoms with Gasteiger partial charge < -0.3 is 10.2 Å². The zero-order chi connectivity index (χ0) is 14.6. The number of nitrogens with zero attached hydrogens (tertiary/aromatic N) is 2. The Balaban J connectivity index is 1.86. The van der Waals surface area contributed by atoms with Gasteiger partial charge in [-0.05, 0) is 27.1 Å². The zero-order valence-electron chi connectivity index (χ0n) is 14.2. The molecule has 1 saturated heterocycles. The molecule has 3 heteroatoms. The average Bonchev–Trinajstić information content (AvgIpc) is 2.44. The highest BCUT2D eigenvalue weighted by Gasteiger charge is 2.21. The van der Waals surface area contributed by atoms with Crippen LogP contribution in [0.2, 0.25) is 0 Å². The van der Waals surface area contributed by atoms with Gasteiger partial charge in [0.2, 0.25) is 0 Å². The van der Waals surface area contributed by atoms with Gasteiger partial charge >= 0.3 is 0 Å². The molecule has 1 aliphatic rings. The first-order chi connectivity index (χ1) is 9.74. The summed E-state index contributed by atoms with van der Waals surface area (Å²) in [6.07, 6.45) is 11.3. The van der Waals surface area contributed by atoms with E-state index >= 15 is 0 Å². The van der Waals surface area contributed by atoms with Gasteiger partial charge in [0.05, 0.1) is 0 Å². The van der Waals surface area contributed by atoms with Crippen LogP contribution in [0.5, 0.6) is 0 Å². The largest absolute Gasteiger partial charge is 0.315 e. The second kappa shape index (κ2) is 11.5. The van der Waals surface area contributed by atoms with Crippen molar-refractivity contribution in [3.05, 3.63) is 0 Å². The second-order valence-corrected chi connectivity index (χ2v) is 6.58. The van der Waals surface area contributed by atoms with Crippen molar-refractivity contribution < 1.29 is 0 Å². The Morgan fingerprint density at radius 3 is 2.25 bits per heavy atom. The summed E-state index contributed by atoms with van der Waals surface area (Å²) in [7, 11) is 4.49. The number of hydrogen-bond donors (Lipinski definition) is 1. The molecule has 0 aliphatic carbocycles. The molecule has 1 atom stereocenters. The Bertz CT molecular complexity index is 220. The van der Waals surface area contributed by atoms with Gasteiger partial charge in [0.25, 0.3) is 0 Å². The topological polar surface area (TPSA) is 18.5 Å². The normalized spacial score (nSPS) is 21.4.